The molecule has 504 valence electrons. The van der Waals surface area contributed by atoms with E-state index in [0.717, 1.165) is 95.8 Å². The van der Waals surface area contributed by atoms with E-state index in [1.54, 1.807) is 0 Å². The lowest BCUT2D eigenvalue weighted by atomic mass is 10.0. The Morgan fingerprint density at radius 3 is 0.800 bits per heavy atom. The molecule has 0 aliphatic rings. The van der Waals surface area contributed by atoms with Crippen molar-refractivity contribution in [3.05, 3.63) is 0 Å². The van der Waals surface area contributed by atoms with E-state index in [-0.39, 0.29) is 25.7 Å². The highest BCUT2D eigenvalue weighted by molar-refractivity contribution is 7.47. The fraction of sp³-hybridized carbons (Fsp3) is 0.939. The highest BCUT2D eigenvalue weighted by Gasteiger charge is 2.30. The highest BCUT2D eigenvalue weighted by Crippen LogP contribution is 2.45. The number of ether oxygens (including phenoxy) is 4. The monoisotopic (exact) mass is 1250 g/mol. The first-order valence-corrected chi connectivity index (χ1v) is 37.6. The number of rotatable bonds is 66. The molecule has 0 aromatic heterocycles. The molecule has 0 bridgehead atoms. The second-order valence-electron chi connectivity index (χ2n) is 24.3. The van der Waals surface area contributed by atoms with E-state index >= 15 is 0 Å². The van der Waals surface area contributed by atoms with E-state index in [1.807, 2.05) is 0 Å². The zero-order valence-corrected chi connectivity index (χ0v) is 56.5. The van der Waals surface area contributed by atoms with Crippen molar-refractivity contribution in [3.8, 4) is 0 Å². The Labute approximate surface area is 517 Å². The first kappa shape index (κ1) is 83.1. The van der Waals surface area contributed by atoms with Gasteiger partial charge in [-0.3, -0.25) is 37.3 Å². The number of phosphoric acid groups is 2. The summed E-state index contributed by atoms with van der Waals surface area (Å²) in [6.07, 6.45) is 44.3. The van der Waals surface area contributed by atoms with Gasteiger partial charge in [-0.1, -0.05) is 285 Å². The zero-order valence-electron chi connectivity index (χ0n) is 54.7. The number of hydrogen-bond acceptors (Lipinski definition) is 15. The molecule has 0 aromatic rings. The van der Waals surface area contributed by atoms with Crippen molar-refractivity contribution in [2.45, 2.75) is 355 Å². The fourth-order valence-corrected chi connectivity index (χ4v) is 11.5. The van der Waals surface area contributed by atoms with Crippen LogP contribution >= 0.6 is 15.6 Å². The Balaban J connectivity index is 5.24. The van der Waals surface area contributed by atoms with Gasteiger partial charge in [0.15, 0.2) is 12.2 Å². The predicted octanol–water partition coefficient (Wildman–Crippen LogP) is 18.6. The average Bonchev–Trinajstić information content (AvgIpc) is 3.61. The number of carbonyl (C=O) groups is 4. The van der Waals surface area contributed by atoms with Crippen molar-refractivity contribution < 1.29 is 80.2 Å². The molecule has 0 heterocycles. The molecule has 85 heavy (non-hydrogen) atoms. The molecule has 0 rings (SSSR count). The van der Waals surface area contributed by atoms with Crippen molar-refractivity contribution in [2.24, 2.45) is 5.92 Å². The number of aliphatic hydroxyl groups is 1. The smallest absolute Gasteiger partial charge is 0.462 e. The lowest BCUT2D eigenvalue weighted by Crippen LogP contribution is -2.30. The van der Waals surface area contributed by atoms with Crippen LogP contribution in [-0.2, 0) is 65.4 Å². The van der Waals surface area contributed by atoms with E-state index in [0.29, 0.717) is 25.7 Å². The molecule has 19 heteroatoms. The van der Waals surface area contributed by atoms with Crippen LogP contribution in [0.25, 0.3) is 0 Å². The normalized spacial score (nSPS) is 14.2. The molecule has 2 unspecified atom stereocenters. The van der Waals surface area contributed by atoms with Gasteiger partial charge in [-0.15, -0.1) is 0 Å². The Morgan fingerprint density at radius 1 is 0.318 bits per heavy atom. The first-order valence-electron chi connectivity index (χ1n) is 34.6. The molecule has 0 fully saturated rings. The lowest BCUT2D eigenvalue weighted by Gasteiger charge is -2.21. The van der Waals surface area contributed by atoms with E-state index in [2.05, 4.69) is 34.6 Å². The first-order chi connectivity index (χ1) is 41.0. The number of carbonyl (C=O) groups excluding carboxylic acids is 4. The minimum Gasteiger partial charge on any atom is -0.462 e. The molecule has 0 aliphatic carbocycles. The molecule has 0 amide bonds. The van der Waals surface area contributed by atoms with Gasteiger partial charge in [-0.25, -0.2) is 9.13 Å². The van der Waals surface area contributed by atoms with E-state index in [4.69, 9.17) is 37.0 Å². The summed E-state index contributed by atoms with van der Waals surface area (Å²) in [6, 6.07) is 0. The Bertz CT molecular complexity index is 1650. The summed E-state index contributed by atoms with van der Waals surface area (Å²) < 4.78 is 68.1. The average molecular weight is 1260 g/mol. The summed E-state index contributed by atoms with van der Waals surface area (Å²) in [5.74, 6) is -1.38. The van der Waals surface area contributed by atoms with Crippen LogP contribution in [0.3, 0.4) is 0 Å². The lowest BCUT2D eigenvalue weighted by molar-refractivity contribution is -0.161. The van der Waals surface area contributed by atoms with Crippen LogP contribution in [0.5, 0.6) is 0 Å². The van der Waals surface area contributed by atoms with Gasteiger partial charge in [-0.2, -0.15) is 0 Å². The molecule has 0 radical (unpaired) electrons. The minimum absolute atomic E-state index is 0.107. The van der Waals surface area contributed by atoms with Gasteiger partial charge in [-0.05, 0) is 31.6 Å². The third kappa shape index (κ3) is 60.7. The van der Waals surface area contributed by atoms with Crippen molar-refractivity contribution in [1.82, 2.24) is 0 Å². The standard InChI is InChI=1S/C66H128O17P2/c1-6-9-12-15-18-21-24-25-26-31-37-42-47-52-66(71)83-62(56-77-64(69)50-45-40-35-32-27-28-33-38-43-48-59(4)5)58-81-85(74,75)79-54-60(67)53-78-84(72,73)80-57-61(82-65(70)51-46-41-36-30-23-20-17-14-11-8-3)55-76-63(68)49-44-39-34-29-22-19-16-13-10-7-2/h59-62,67H,6-58H2,1-5H3,(H,72,73)(H,74,75)/t60-,61+,62+/m0/s1. The summed E-state index contributed by atoms with van der Waals surface area (Å²) in [5.41, 5.74) is 0. The topological polar surface area (TPSA) is 237 Å². The third-order valence-electron chi connectivity index (χ3n) is 15.3. The zero-order chi connectivity index (χ0) is 62.8. The summed E-state index contributed by atoms with van der Waals surface area (Å²) in [7, 11) is -9.89. The van der Waals surface area contributed by atoms with Crippen LogP contribution in [0.1, 0.15) is 336 Å². The Hall–Kier alpha value is -1.94. The predicted molar refractivity (Wildman–Crippen MR) is 340 cm³/mol. The van der Waals surface area contributed by atoms with Gasteiger partial charge in [0.2, 0.25) is 0 Å². The molecule has 0 saturated heterocycles. The second kappa shape index (κ2) is 59.7. The maximum absolute atomic E-state index is 13.0. The summed E-state index contributed by atoms with van der Waals surface area (Å²) in [4.78, 5) is 72.3. The highest BCUT2D eigenvalue weighted by atomic mass is 31.2. The maximum Gasteiger partial charge on any atom is 0.472 e. The third-order valence-corrected chi connectivity index (χ3v) is 17.2. The summed E-state index contributed by atoms with van der Waals surface area (Å²) in [6.45, 7) is 7.18. The van der Waals surface area contributed by atoms with E-state index in [1.165, 1.54) is 161 Å². The van der Waals surface area contributed by atoms with Crippen LogP contribution in [0, 0.1) is 5.92 Å². The van der Waals surface area contributed by atoms with Gasteiger partial charge in [0.25, 0.3) is 0 Å². The molecule has 0 aromatic carbocycles. The van der Waals surface area contributed by atoms with Gasteiger partial charge in [0.05, 0.1) is 26.4 Å². The second-order valence-corrected chi connectivity index (χ2v) is 27.2. The van der Waals surface area contributed by atoms with Crippen LogP contribution in [-0.4, -0.2) is 96.7 Å². The summed E-state index contributed by atoms with van der Waals surface area (Å²) >= 11 is 0. The molecule has 3 N–H and O–H groups in total. The molecule has 17 nitrogen and oxygen atoms in total. The van der Waals surface area contributed by atoms with Gasteiger partial charge in [0.1, 0.15) is 19.3 Å². The van der Waals surface area contributed by atoms with Crippen molar-refractivity contribution in [3.63, 3.8) is 0 Å². The number of hydrogen-bond donors (Lipinski definition) is 3. The maximum atomic E-state index is 13.0. The van der Waals surface area contributed by atoms with Gasteiger partial charge >= 0.3 is 39.5 Å². The van der Waals surface area contributed by atoms with E-state index in [9.17, 15) is 43.2 Å². The fourth-order valence-electron chi connectivity index (χ4n) is 9.94. The number of esters is 4. The van der Waals surface area contributed by atoms with Crippen LogP contribution < -0.4 is 0 Å². The van der Waals surface area contributed by atoms with Crippen LogP contribution in [0.15, 0.2) is 0 Å². The number of aliphatic hydroxyl groups excluding tert-OH is 1. The summed E-state index contributed by atoms with van der Waals surface area (Å²) in [5, 5.41) is 10.5. The molecule has 5 atom stereocenters. The minimum atomic E-state index is -4.95. The van der Waals surface area contributed by atoms with Crippen molar-refractivity contribution in [2.75, 3.05) is 39.6 Å². The molecule has 0 aliphatic heterocycles. The van der Waals surface area contributed by atoms with Crippen molar-refractivity contribution in [1.29, 1.82) is 0 Å². The van der Waals surface area contributed by atoms with Crippen molar-refractivity contribution >= 4 is 39.5 Å². The SMILES string of the molecule is CCCCCCCCCCCCCCCC(=O)O[C@H](COC(=O)CCCCCCCCCCCC(C)C)COP(=O)(O)OC[C@@H](O)COP(=O)(O)OC[C@@H](COC(=O)CCCCCCCCCCCC)OC(=O)CCCCCCCCCCCC. The molecule has 0 spiro atoms. The molecular weight excluding hydrogens is 1130 g/mol. The van der Waals surface area contributed by atoms with Crippen LogP contribution in [0.2, 0.25) is 0 Å². The molecule has 0 saturated carbocycles. The number of unbranched alkanes of at least 4 members (excludes halogenated alkanes) is 38. The van der Waals surface area contributed by atoms with E-state index < -0.39 is 97.5 Å². The van der Waals surface area contributed by atoms with Crippen LogP contribution in [0.4, 0.5) is 0 Å². The van der Waals surface area contributed by atoms with Gasteiger partial charge < -0.3 is 33.8 Å². The number of phosphoric ester groups is 2. The quantitative estimate of drug-likeness (QED) is 0.0222. The largest absolute Gasteiger partial charge is 0.472 e. The Kier molecular flexibility index (Phi) is 58.3. The van der Waals surface area contributed by atoms with Gasteiger partial charge in [0, 0.05) is 25.7 Å². The molecular formula is C66H128O17P2. The Morgan fingerprint density at radius 2 is 0.541 bits per heavy atom.